The Bertz CT molecular complexity index is 1210. The molecule has 0 fully saturated rings. The molecule has 3 aromatic carbocycles. The minimum atomic E-state index is -0.427. The fourth-order valence-corrected chi connectivity index (χ4v) is 2.79. The monoisotopic (exact) mass is 365 g/mol. The smallest absolute Gasteiger partial charge is 0.160 e. The van der Waals surface area contributed by atoms with Gasteiger partial charge in [-0.25, -0.2) is 9.97 Å². The molecule has 0 unspecified atom stereocenters. The van der Waals surface area contributed by atoms with Gasteiger partial charge in [0.1, 0.15) is 0 Å². The standard InChI is InChI=1S/C20H13BrN2/c21-16-10-6-9-15(13-16)20-22-18-12-5-4-11-17(18)19(23-20)14-7-2-1-3-8-14/h1-13H/i1D,2D,3D,7D,8D. The summed E-state index contributed by atoms with van der Waals surface area (Å²) >= 11 is 3.44. The number of aromatic nitrogens is 2. The third-order valence-corrected chi connectivity index (χ3v) is 3.92. The number of hydrogen-bond donors (Lipinski definition) is 0. The summed E-state index contributed by atoms with van der Waals surface area (Å²) in [5, 5.41) is 0.625. The Kier molecular flexibility index (Phi) is 2.47. The molecule has 0 atom stereocenters. The van der Waals surface area contributed by atoms with Crippen molar-refractivity contribution in [2.75, 3.05) is 0 Å². The van der Waals surface area contributed by atoms with Crippen LogP contribution in [0.25, 0.3) is 33.5 Å². The van der Waals surface area contributed by atoms with E-state index in [9.17, 15) is 0 Å². The van der Waals surface area contributed by atoms with Crippen molar-refractivity contribution in [1.82, 2.24) is 9.97 Å². The summed E-state index contributed by atoms with van der Waals surface area (Å²) in [5.74, 6) is 0.418. The number of fused-ring (bicyclic) bond motifs is 1. The van der Waals surface area contributed by atoms with Gasteiger partial charge in [0.25, 0.3) is 0 Å². The van der Waals surface area contributed by atoms with Crippen LogP contribution >= 0.6 is 15.9 Å². The van der Waals surface area contributed by atoms with Crippen LogP contribution in [0.15, 0.2) is 83.2 Å². The Labute approximate surface area is 150 Å². The van der Waals surface area contributed by atoms with E-state index in [2.05, 4.69) is 25.9 Å². The fraction of sp³-hybridized carbons (Fsp3) is 0. The van der Waals surface area contributed by atoms with Crippen molar-refractivity contribution in [3.8, 4) is 22.6 Å². The zero-order valence-electron chi connectivity index (χ0n) is 16.9. The van der Waals surface area contributed by atoms with E-state index < -0.39 is 6.04 Å². The third-order valence-electron chi connectivity index (χ3n) is 3.42. The molecule has 23 heavy (non-hydrogen) atoms. The van der Waals surface area contributed by atoms with E-state index >= 15 is 0 Å². The van der Waals surface area contributed by atoms with Crippen molar-refractivity contribution in [2.45, 2.75) is 0 Å². The predicted octanol–water partition coefficient (Wildman–Crippen LogP) is 5.73. The second kappa shape index (κ2) is 5.94. The molecule has 0 radical (unpaired) electrons. The maximum Gasteiger partial charge on any atom is 0.160 e. The summed E-state index contributed by atoms with van der Waals surface area (Å²) in [5.41, 5.74) is 1.78. The summed E-state index contributed by atoms with van der Waals surface area (Å²) in [6, 6.07) is 13.0. The van der Waals surface area contributed by atoms with E-state index in [0.717, 1.165) is 10.0 Å². The van der Waals surface area contributed by atoms with E-state index in [0.29, 0.717) is 22.4 Å². The number of rotatable bonds is 2. The van der Waals surface area contributed by atoms with E-state index in [1.165, 1.54) is 0 Å². The molecule has 0 aliphatic rings. The number of nitrogens with zero attached hydrogens (tertiary/aromatic N) is 2. The lowest BCUT2D eigenvalue weighted by Crippen LogP contribution is -1.95. The normalized spacial score (nSPS) is 13.9. The average molecular weight is 366 g/mol. The molecule has 0 saturated heterocycles. The molecule has 0 N–H and O–H groups in total. The number of benzene rings is 3. The van der Waals surface area contributed by atoms with Gasteiger partial charge in [-0.2, -0.15) is 0 Å². The van der Waals surface area contributed by atoms with E-state index in [1.807, 2.05) is 42.5 Å². The molecule has 0 aliphatic heterocycles. The van der Waals surface area contributed by atoms with Gasteiger partial charge in [0.15, 0.2) is 5.82 Å². The van der Waals surface area contributed by atoms with Gasteiger partial charge in [-0.15, -0.1) is 0 Å². The van der Waals surface area contributed by atoms with Crippen LogP contribution in [0.4, 0.5) is 0 Å². The minimum Gasteiger partial charge on any atom is -0.228 e. The van der Waals surface area contributed by atoms with Crippen LogP contribution in [-0.4, -0.2) is 9.97 Å². The van der Waals surface area contributed by atoms with Gasteiger partial charge in [0, 0.05) is 21.0 Å². The van der Waals surface area contributed by atoms with Gasteiger partial charge in [0.05, 0.1) is 18.1 Å². The molecular formula is C20H13BrN2. The molecule has 0 spiro atoms. The molecule has 1 aromatic heterocycles. The maximum absolute atomic E-state index is 8.32. The highest BCUT2D eigenvalue weighted by atomic mass is 79.9. The first kappa shape index (κ1) is 9.58. The lowest BCUT2D eigenvalue weighted by Gasteiger charge is -2.09. The van der Waals surface area contributed by atoms with Crippen LogP contribution in [0, 0.1) is 0 Å². The Morgan fingerprint density at radius 3 is 2.48 bits per heavy atom. The molecule has 110 valence electrons. The molecule has 0 amide bonds. The van der Waals surface area contributed by atoms with Crippen molar-refractivity contribution in [2.24, 2.45) is 0 Å². The minimum absolute atomic E-state index is 0.0702. The highest BCUT2D eigenvalue weighted by Gasteiger charge is 2.10. The van der Waals surface area contributed by atoms with Gasteiger partial charge >= 0.3 is 0 Å². The van der Waals surface area contributed by atoms with Crippen LogP contribution in [0.1, 0.15) is 6.85 Å². The first-order chi connectivity index (χ1) is 13.4. The summed E-state index contributed by atoms with van der Waals surface area (Å²) in [6.45, 7) is 0. The van der Waals surface area contributed by atoms with Gasteiger partial charge in [0.2, 0.25) is 0 Å². The van der Waals surface area contributed by atoms with Crippen molar-refractivity contribution in [3.05, 3.63) is 83.2 Å². The van der Waals surface area contributed by atoms with Crippen LogP contribution < -0.4 is 0 Å². The van der Waals surface area contributed by atoms with Crippen LogP contribution in [-0.2, 0) is 0 Å². The predicted molar refractivity (Wildman–Crippen MR) is 98.1 cm³/mol. The lowest BCUT2D eigenvalue weighted by atomic mass is 10.1. The summed E-state index contributed by atoms with van der Waals surface area (Å²) in [6.07, 6.45) is 0. The highest BCUT2D eigenvalue weighted by molar-refractivity contribution is 9.10. The Hall–Kier alpha value is -2.52. The second-order valence-corrected chi connectivity index (χ2v) is 5.84. The van der Waals surface area contributed by atoms with Crippen LogP contribution in [0.3, 0.4) is 0 Å². The quantitative estimate of drug-likeness (QED) is 0.453. The average Bonchev–Trinajstić information content (AvgIpc) is 2.70. The van der Waals surface area contributed by atoms with Gasteiger partial charge < -0.3 is 0 Å². The maximum atomic E-state index is 8.32. The third kappa shape index (κ3) is 2.76. The second-order valence-electron chi connectivity index (χ2n) is 4.92. The Morgan fingerprint density at radius 2 is 1.65 bits per heavy atom. The number of para-hydroxylation sites is 1. The molecule has 3 heteroatoms. The molecule has 0 saturated carbocycles. The zero-order valence-corrected chi connectivity index (χ0v) is 13.5. The molecule has 0 bridgehead atoms. The SMILES string of the molecule is [2H]c1c([2H])c([2H])c(-c2nc(-c3cccc(Br)c3)nc3ccccc23)c([2H])c1[2H]. The summed E-state index contributed by atoms with van der Waals surface area (Å²) in [7, 11) is 0. The number of hydrogen-bond acceptors (Lipinski definition) is 2. The topological polar surface area (TPSA) is 25.8 Å². The zero-order chi connectivity index (χ0) is 20.0. The number of halogens is 1. The van der Waals surface area contributed by atoms with E-state index in [4.69, 9.17) is 6.85 Å². The highest BCUT2D eigenvalue weighted by Crippen LogP contribution is 2.29. The molecule has 0 aliphatic carbocycles. The largest absolute Gasteiger partial charge is 0.228 e. The van der Waals surface area contributed by atoms with Crippen molar-refractivity contribution < 1.29 is 6.85 Å². The Balaban J connectivity index is 2.11. The van der Waals surface area contributed by atoms with Crippen LogP contribution in [0.5, 0.6) is 0 Å². The first-order valence-corrected chi connectivity index (χ1v) is 7.78. The molecule has 1 heterocycles. The first-order valence-electron chi connectivity index (χ1n) is 9.48. The lowest BCUT2D eigenvalue weighted by molar-refractivity contribution is 1.23. The Morgan fingerprint density at radius 1 is 0.826 bits per heavy atom. The molecule has 4 aromatic rings. The van der Waals surface area contributed by atoms with E-state index in [1.54, 1.807) is 6.07 Å². The summed E-state index contributed by atoms with van der Waals surface area (Å²) in [4.78, 5) is 9.23. The fourth-order valence-electron chi connectivity index (χ4n) is 2.39. The summed E-state index contributed by atoms with van der Waals surface area (Å²) < 4.78 is 41.3. The molecule has 4 rings (SSSR count). The van der Waals surface area contributed by atoms with Crippen molar-refractivity contribution in [1.29, 1.82) is 0 Å². The van der Waals surface area contributed by atoms with Gasteiger partial charge in [-0.05, 0) is 18.2 Å². The van der Waals surface area contributed by atoms with Gasteiger partial charge in [-0.1, -0.05) is 76.5 Å². The van der Waals surface area contributed by atoms with Crippen molar-refractivity contribution >= 4 is 26.8 Å². The molecule has 2 nitrogen and oxygen atoms in total. The van der Waals surface area contributed by atoms with Gasteiger partial charge in [-0.3, -0.25) is 0 Å². The van der Waals surface area contributed by atoms with Crippen molar-refractivity contribution in [3.63, 3.8) is 0 Å². The molecular weight excluding hydrogens is 348 g/mol. The van der Waals surface area contributed by atoms with E-state index in [-0.39, 0.29) is 29.7 Å². The van der Waals surface area contributed by atoms with Crippen LogP contribution in [0.2, 0.25) is 0 Å².